The first-order chi connectivity index (χ1) is 6.16. The fourth-order valence-electron chi connectivity index (χ4n) is 1.45. The molecule has 0 bridgehead atoms. The van der Waals surface area contributed by atoms with Gasteiger partial charge in [0, 0.05) is 11.3 Å². The van der Waals surface area contributed by atoms with E-state index in [-0.39, 0.29) is 0 Å². The predicted octanol–water partition coefficient (Wildman–Crippen LogP) is 3.22. The summed E-state index contributed by atoms with van der Waals surface area (Å²) in [6.07, 6.45) is 3.83. The van der Waals surface area contributed by atoms with Crippen molar-refractivity contribution >= 4 is 12.2 Å². The molecule has 0 aliphatic carbocycles. The van der Waals surface area contributed by atoms with Gasteiger partial charge >= 0.3 is 0 Å². The number of nitrogens with one attached hydrogen (secondary N) is 1. The number of rotatable bonds is 3. The number of hydrogen-bond donors (Lipinski definition) is 1. The number of aromatic amines is 1. The van der Waals surface area contributed by atoms with Gasteiger partial charge in [-0.1, -0.05) is 39.4 Å². The van der Waals surface area contributed by atoms with Gasteiger partial charge in [-0.2, -0.15) is 0 Å². The van der Waals surface area contributed by atoms with Crippen LogP contribution in [0.15, 0.2) is 6.33 Å². The Kier molecular flexibility index (Phi) is 3.60. The van der Waals surface area contributed by atoms with E-state index in [1.165, 1.54) is 11.3 Å². The molecule has 0 spiro atoms. The summed E-state index contributed by atoms with van der Waals surface area (Å²) in [4.78, 5) is 7.28. The molecule has 2 nitrogen and oxygen atoms in total. The quantitative estimate of drug-likeness (QED) is 0.752. The van der Waals surface area contributed by atoms with Crippen molar-refractivity contribution in [3.8, 4) is 0 Å². The molecular formula is C10H16N2S. The molecule has 1 rings (SSSR count). The van der Waals surface area contributed by atoms with Crippen LogP contribution < -0.4 is 0 Å². The molecule has 0 amide bonds. The summed E-state index contributed by atoms with van der Waals surface area (Å²) in [7, 11) is 0. The van der Waals surface area contributed by atoms with Crippen LogP contribution in [0.1, 0.15) is 44.4 Å². The van der Waals surface area contributed by atoms with Gasteiger partial charge in [0.15, 0.2) is 0 Å². The number of aromatic nitrogens is 2. The average Bonchev–Trinajstić information content (AvgIpc) is 2.08. The molecular weight excluding hydrogens is 180 g/mol. The van der Waals surface area contributed by atoms with Crippen LogP contribution in [0.25, 0.3) is 0 Å². The molecule has 0 saturated carbocycles. The summed E-state index contributed by atoms with van der Waals surface area (Å²) in [6, 6.07) is 0. The average molecular weight is 196 g/mol. The van der Waals surface area contributed by atoms with Crippen molar-refractivity contribution < 1.29 is 0 Å². The monoisotopic (exact) mass is 196 g/mol. The van der Waals surface area contributed by atoms with Crippen LogP contribution in [0.3, 0.4) is 0 Å². The van der Waals surface area contributed by atoms with Gasteiger partial charge in [0.2, 0.25) is 0 Å². The van der Waals surface area contributed by atoms with Crippen LogP contribution in [-0.4, -0.2) is 9.97 Å². The lowest BCUT2D eigenvalue weighted by molar-refractivity contribution is 0.767. The first kappa shape index (κ1) is 10.4. The van der Waals surface area contributed by atoms with Crippen molar-refractivity contribution in [1.29, 1.82) is 0 Å². The van der Waals surface area contributed by atoms with Crippen LogP contribution in [0.5, 0.6) is 0 Å². The van der Waals surface area contributed by atoms with E-state index in [0.29, 0.717) is 5.92 Å². The Morgan fingerprint density at radius 3 is 2.77 bits per heavy atom. The van der Waals surface area contributed by atoms with Gasteiger partial charge < -0.3 is 4.98 Å². The molecule has 0 fully saturated rings. The largest absolute Gasteiger partial charge is 0.349 e. The summed E-state index contributed by atoms with van der Waals surface area (Å²) >= 11 is 5.19. The number of H-pyrrole nitrogens is 1. The second-order valence-electron chi connectivity index (χ2n) is 3.50. The Morgan fingerprint density at radius 2 is 2.23 bits per heavy atom. The zero-order valence-corrected chi connectivity index (χ0v) is 9.24. The van der Waals surface area contributed by atoms with Crippen molar-refractivity contribution in [2.45, 2.75) is 39.5 Å². The van der Waals surface area contributed by atoms with Crippen molar-refractivity contribution in [3.63, 3.8) is 0 Å². The third-order valence-corrected chi connectivity index (χ3v) is 2.41. The van der Waals surface area contributed by atoms with Crippen molar-refractivity contribution in [2.24, 2.45) is 0 Å². The minimum atomic E-state index is 0.492. The first-order valence-electron chi connectivity index (χ1n) is 4.73. The highest BCUT2D eigenvalue weighted by molar-refractivity contribution is 7.71. The third-order valence-electron chi connectivity index (χ3n) is 2.06. The van der Waals surface area contributed by atoms with Gasteiger partial charge in [0.1, 0.15) is 4.64 Å². The second-order valence-corrected chi connectivity index (χ2v) is 3.89. The lowest BCUT2D eigenvalue weighted by Gasteiger charge is -2.10. The maximum atomic E-state index is 5.19. The number of nitrogens with zero attached hydrogens (tertiary/aromatic N) is 1. The molecule has 1 N–H and O–H groups in total. The van der Waals surface area contributed by atoms with E-state index in [0.717, 1.165) is 17.5 Å². The highest BCUT2D eigenvalue weighted by Gasteiger charge is 2.07. The molecule has 0 aliphatic heterocycles. The second kappa shape index (κ2) is 4.51. The summed E-state index contributed by atoms with van der Waals surface area (Å²) in [5.74, 6) is 0.492. The molecule has 1 aromatic rings. The minimum Gasteiger partial charge on any atom is -0.349 e. The Morgan fingerprint density at radius 1 is 1.54 bits per heavy atom. The topological polar surface area (TPSA) is 28.7 Å². The molecule has 0 atom stereocenters. The number of hydrogen-bond acceptors (Lipinski definition) is 2. The maximum absolute atomic E-state index is 5.19. The van der Waals surface area contributed by atoms with Crippen LogP contribution in [0.4, 0.5) is 0 Å². The molecule has 0 radical (unpaired) electrons. The zero-order chi connectivity index (χ0) is 9.84. The van der Waals surface area contributed by atoms with Gasteiger partial charge in [-0.3, -0.25) is 0 Å². The van der Waals surface area contributed by atoms with E-state index >= 15 is 0 Å². The first-order valence-corrected chi connectivity index (χ1v) is 5.14. The molecule has 0 saturated heterocycles. The van der Waals surface area contributed by atoms with Crippen LogP contribution in [0.2, 0.25) is 0 Å². The minimum absolute atomic E-state index is 0.492. The van der Waals surface area contributed by atoms with Gasteiger partial charge in [-0.15, -0.1) is 0 Å². The smallest absolute Gasteiger partial charge is 0.132 e. The molecule has 72 valence electrons. The van der Waals surface area contributed by atoms with E-state index in [1.54, 1.807) is 6.33 Å². The molecule has 1 heterocycles. The fourth-order valence-corrected chi connectivity index (χ4v) is 1.71. The SMILES string of the molecule is CCCc1c(C(C)C)[nH]cnc1=S. The predicted molar refractivity (Wildman–Crippen MR) is 57.5 cm³/mol. The van der Waals surface area contributed by atoms with E-state index in [1.807, 2.05) is 0 Å². The molecule has 0 aliphatic rings. The summed E-state index contributed by atoms with van der Waals surface area (Å²) in [5.41, 5.74) is 2.46. The normalized spacial score (nSPS) is 10.8. The molecule has 0 unspecified atom stereocenters. The fraction of sp³-hybridized carbons (Fsp3) is 0.600. The van der Waals surface area contributed by atoms with Gasteiger partial charge in [-0.25, -0.2) is 4.98 Å². The zero-order valence-electron chi connectivity index (χ0n) is 8.42. The van der Waals surface area contributed by atoms with Crippen LogP contribution in [-0.2, 0) is 6.42 Å². The van der Waals surface area contributed by atoms with Crippen molar-refractivity contribution in [1.82, 2.24) is 9.97 Å². The highest BCUT2D eigenvalue weighted by Crippen LogP contribution is 2.17. The summed E-state index contributed by atoms with van der Waals surface area (Å²) in [6.45, 7) is 6.49. The van der Waals surface area contributed by atoms with Crippen molar-refractivity contribution in [3.05, 3.63) is 22.2 Å². The summed E-state index contributed by atoms with van der Waals surface area (Å²) in [5, 5.41) is 0. The third kappa shape index (κ3) is 2.37. The van der Waals surface area contributed by atoms with Crippen molar-refractivity contribution in [2.75, 3.05) is 0 Å². The Hall–Kier alpha value is -0.700. The van der Waals surface area contributed by atoms with E-state index < -0.39 is 0 Å². The lowest BCUT2D eigenvalue weighted by atomic mass is 10.0. The Labute approximate surface area is 84.4 Å². The van der Waals surface area contributed by atoms with E-state index in [9.17, 15) is 0 Å². The standard InChI is InChI=1S/C10H16N2S/c1-4-5-8-9(7(2)3)11-6-12-10(8)13/h6-7H,4-5H2,1-3H3,(H,11,12,13). The van der Waals surface area contributed by atoms with Crippen LogP contribution in [0, 0.1) is 4.64 Å². The molecule has 0 aromatic carbocycles. The maximum Gasteiger partial charge on any atom is 0.132 e. The van der Waals surface area contributed by atoms with Gasteiger partial charge in [0.25, 0.3) is 0 Å². The molecule has 13 heavy (non-hydrogen) atoms. The van der Waals surface area contributed by atoms with E-state index in [4.69, 9.17) is 12.2 Å². The van der Waals surface area contributed by atoms with Crippen LogP contribution >= 0.6 is 12.2 Å². The van der Waals surface area contributed by atoms with E-state index in [2.05, 4.69) is 30.7 Å². The Balaban J connectivity index is 3.17. The molecule has 1 aromatic heterocycles. The summed E-state index contributed by atoms with van der Waals surface area (Å²) < 4.78 is 0.754. The highest BCUT2D eigenvalue weighted by atomic mass is 32.1. The molecule has 3 heteroatoms. The Bertz CT molecular complexity index is 328. The van der Waals surface area contributed by atoms with Gasteiger partial charge in [-0.05, 0) is 12.3 Å². The lowest BCUT2D eigenvalue weighted by Crippen LogP contribution is -2.02. The van der Waals surface area contributed by atoms with Gasteiger partial charge in [0.05, 0.1) is 6.33 Å².